The summed E-state index contributed by atoms with van der Waals surface area (Å²) in [6.07, 6.45) is 5.60. The third kappa shape index (κ3) is 6.00. The van der Waals surface area contributed by atoms with Gasteiger partial charge in [0.05, 0.1) is 13.4 Å². The Kier molecular flexibility index (Phi) is 6.94. The fourth-order valence-electron chi connectivity index (χ4n) is 1.98. The van der Waals surface area contributed by atoms with Gasteiger partial charge in [-0.2, -0.15) is 0 Å². The molecule has 1 aromatic carbocycles. The van der Waals surface area contributed by atoms with E-state index in [1.807, 2.05) is 36.4 Å². The molecular formula is C18H21NO4. The summed E-state index contributed by atoms with van der Waals surface area (Å²) in [5.41, 5.74) is 0.868. The van der Waals surface area contributed by atoms with Crippen molar-refractivity contribution in [3.63, 3.8) is 0 Å². The molecule has 122 valence electrons. The number of amides is 1. The van der Waals surface area contributed by atoms with Crippen LogP contribution >= 0.6 is 0 Å². The van der Waals surface area contributed by atoms with Crippen LogP contribution in [0.3, 0.4) is 0 Å². The molecule has 0 unspecified atom stereocenters. The lowest BCUT2D eigenvalue weighted by Gasteiger charge is -2.04. The second-order valence-corrected chi connectivity index (χ2v) is 4.85. The first-order chi connectivity index (χ1) is 11.3. The van der Waals surface area contributed by atoms with Crippen LogP contribution in [0.5, 0.6) is 5.75 Å². The van der Waals surface area contributed by atoms with E-state index in [0.717, 1.165) is 23.5 Å². The van der Waals surface area contributed by atoms with E-state index in [-0.39, 0.29) is 5.91 Å². The third-order valence-corrected chi connectivity index (χ3v) is 3.14. The average Bonchev–Trinajstić information content (AvgIpc) is 3.09. The fraction of sp³-hybridized carbons (Fsp3) is 0.278. The summed E-state index contributed by atoms with van der Waals surface area (Å²) in [4.78, 5) is 11.7. The zero-order chi connectivity index (χ0) is 16.3. The van der Waals surface area contributed by atoms with E-state index < -0.39 is 0 Å². The molecule has 1 N–H and O–H groups in total. The number of rotatable bonds is 9. The number of nitrogens with one attached hydrogen (secondary N) is 1. The number of hydrogen-bond donors (Lipinski definition) is 1. The molecule has 2 rings (SSSR count). The lowest BCUT2D eigenvalue weighted by atomic mass is 10.2. The van der Waals surface area contributed by atoms with E-state index in [9.17, 15) is 4.79 Å². The van der Waals surface area contributed by atoms with Crippen LogP contribution in [-0.2, 0) is 16.1 Å². The van der Waals surface area contributed by atoms with Crippen LogP contribution in [0, 0.1) is 0 Å². The molecule has 0 saturated carbocycles. The summed E-state index contributed by atoms with van der Waals surface area (Å²) in [6, 6.07) is 11.2. The number of benzene rings is 1. The number of ether oxygens (including phenoxy) is 2. The molecule has 0 spiro atoms. The molecule has 0 aliphatic carbocycles. The lowest BCUT2D eigenvalue weighted by molar-refractivity contribution is -0.116. The molecule has 0 saturated heterocycles. The number of para-hydroxylation sites is 1. The summed E-state index contributed by atoms with van der Waals surface area (Å²) < 4.78 is 15.8. The van der Waals surface area contributed by atoms with Gasteiger partial charge in [0, 0.05) is 24.8 Å². The molecule has 0 atom stereocenters. The molecule has 5 heteroatoms. The minimum atomic E-state index is -0.137. The van der Waals surface area contributed by atoms with Crippen molar-refractivity contribution in [3.05, 3.63) is 60.1 Å². The first kappa shape index (κ1) is 16.8. The zero-order valence-electron chi connectivity index (χ0n) is 13.2. The molecule has 23 heavy (non-hydrogen) atoms. The maximum absolute atomic E-state index is 11.7. The Hall–Kier alpha value is -2.53. The smallest absolute Gasteiger partial charge is 0.244 e. The van der Waals surface area contributed by atoms with Crippen molar-refractivity contribution in [2.24, 2.45) is 0 Å². The summed E-state index contributed by atoms with van der Waals surface area (Å²) in [7, 11) is 1.61. The minimum Gasteiger partial charge on any atom is -0.496 e. The molecule has 1 amide bonds. The van der Waals surface area contributed by atoms with Gasteiger partial charge in [-0.25, -0.2) is 0 Å². The van der Waals surface area contributed by atoms with Crippen LogP contribution in [0.15, 0.2) is 53.2 Å². The largest absolute Gasteiger partial charge is 0.496 e. The van der Waals surface area contributed by atoms with Crippen LogP contribution in [-0.4, -0.2) is 26.2 Å². The lowest BCUT2D eigenvalue weighted by Crippen LogP contribution is -2.23. The highest BCUT2D eigenvalue weighted by atomic mass is 16.5. The number of carbonyl (C=O) groups excluding carboxylic acids is 1. The van der Waals surface area contributed by atoms with E-state index in [4.69, 9.17) is 13.9 Å². The summed E-state index contributed by atoms with van der Waals surface area (Å²) >= 11 is 0. The Morgan fingerprint density at radius 2 is 2.13 bits per heavy atom. The maximum Gasteiger partial charge on any atom is 0.244 e. The topological polar surface area (TPSA) is 60.7 Å². The van der Waals surface area contributed by atoms with Crippen LogP contribution in [0.2, 0.25) is 0 Å². The van der Waals surface area contributed by atoms with E-state index in [1.165, 1.54) is 6.08 Å². The van der Waals surface area contributed by atoms with Crippen molar-refractivity contribution in [1.82, 2.24) is 5.32 Å². The normalized spacial score (nSPS) is 10.8. The Balaban J connectivity index is 1.62. The van der Waals surface area contributed by atoms with E-state index in [0.29, 0.717) is 19.8 Å². The number of hydrogen-bond acceptors (Lipinski definition) is 4. The highest BCUT2D eigenvalue weighted by Crippen LogP contribution is 2.18. The summed E-state index contributed by atoms with van der Waals surface area (Å²) in [6.45, 7) is 1.58. The molecular weight excluding hydrogens is 294 g/mol. The average molecular weight is 315 g/mol. The van der Waals surface area contributed by atoms with Gasteiger partial charge in [0.25, 0.3) is 0 Å². The predicted octanol–water partition coefficient (Wildman–Crippen LogP) is 3.02. The van der Waals surface area contributed by atoms with Crippen molar-refractivity contribution in [1.29, 1.82) is 0 Å². The van der Waals surface area contributed by atoms with E-state index >= 15 is 0 Å². The molecule has 1 aromatic heterocycles. The molecule has 0 fully saturated rings. The van der Waals surface area contributed by atoms with Gasteiger partial charge in [-0.15, -0.1) is 0 Å². The maximum atomic E-state index is 11.7. The second-order valence-electron chi connectivity index (χ2n) is 4.85. The van der Waals surface area contributed by atoms with Gasteiger partial charge in [0.1, 0.15) is 18.1 Å². The first-order valence-corrected chi connectivity index (χ1v) is 7.48. The Morgan fingerprint density at radius 1 is 1.26 bits per heavy atom. The standard InChI is InChI=1S/C18H21NO4/c1-21-17-8-3-2-6-15(17)9-10-18(20)19-11-5-12-22-14-16-7-4-13-23-16/h2-4,6-10,13H,5,11-12,14H2,1H3,(H,19,20). The van der Waals surface area contributed by atoms with Gasteiger partial charge < -0.3 is 19.2 Å². The molecule has 0 aliphatic heterocycles. The SMILES string of the molecule is COc1ccccc1C=CC(=O)NCCCOCc1ccco1. The van der Waals surface area contributed by atoms with Crippen molar-refractivity contribution in [3.8, 4) is 5.75 Å². The van der Waals surface area contributed by atoms with Crippen molar-refractivity contribution in [2.45, 2.75) is 13.0 Å². The molecule has 0 aliphatic rings. The van der Waals surface area contributed by atoms with Crippen molar-refractivity contribution < 1.29 is 18.7 Å². The van der Waals surface area contributed by atoms with Crippen LogP contribution in [0.25, 0.3) is 6.08 Å². The van der Waals surface area contributed by atoms with E-state index in [1.54, 1.807) is 19.4 Å². The number of carbonyl (C=O) groups is 1. The Morgan fingerprint density at radius 3 is 2.91 bits per heavy atom. The minimum absolute atomic E-state index is 0.137. The number of methoxy groups -OCH3 is 1. The molecule has 1 heterocycles. The third-order valence-electron chi connectivity index (χ3n) is 3.14. The molecule has 2 aromatic rings. The van der Waals surface area contributed by atoms with Crippen molar-refractivity contribution in [2.75, 3.05) is 20.3 Å². The van der Waals surface area contributed by atoms with Gasteiger partial charge >= 0.3 is 0 Å². The van der Waals surface area contributed by atoms with Crippen LogP contribution in [0.4, 0.5) is 0 Å². The highest BCUT2D eigenvalue weighted by molar-refractivity contribution is 5.92. The van der Waals surface area contributed by atoms with E-state index in [2.05, 4.69) is 5.32 Å². The predicted molar refractivity (Wildman–Crippen MR) is 88.0 cm³/mol. The Labute approximate surface area is 135 Å². The quantitative estimate of drug-likeness (QED) is 0.571. The van der Waals surface area contributed by atoms with Crippen LogP contribution < -0.4 is 10.1 Å². The second kappa shape index (κ2) is 9.48. The van der Waals surface area contributed by atoms with Crippen molar-refractivity contribution >= 4 is 12.0 Å². The molecule has 5 nitrogen and oxygen atoms in total. The summed E-state index contributed by atoms with van der Waals surface area (Å²) in [5, 5.41) is 2.81. The van der Waals surface area contributed by atoms with Gasteiger partial charge in [-0.05, 0) is 30.7 Å². The number of furan rings is 1. The highest BCUT2D eigenvalue weighted by Gasteiger charge is 2.00. The monoisotopic (exact) mass is 315 g/mol. The fourth-order valence-corrected chi connectivity index (χ4v) is 1.98. The van der Waals surface area contributed by atoms with Crippen LogP contribution in [0.1, 0.15) is 17.7 Å². The van der Waals surface area contributed by atoms with Gasteiger partial charge in [0.2, 0.25) is 5.91 Å². The molecule has 0 bridgehead atoms. The zero-order valence-corrected chi connectivity index (χ0v) is 13.2. The van der Waals surface area contributed by atoms with Gasteiger partial charge in [0.15, 0.2) is 0 Å². The Bertz CT molecular complexity index is 620. The van der Waals surface area contributed by atoms with Gasteiger partial charge in [-0.1, -0.05) is 18.2 Å². The summed E-state index contributed by atoms with van der Waals surface area (Å²) in [5.74, 6) is 1.40. The van der Waals surface area contributed by atoms with Gasteiger partial charge in [-0.3, -0.25) is 4.79 Å². The molecule has 0 radical (unpaired) electrons. The first-order valence-electron chi connectivity index (χ1n) is 7.48.